The highest BCUT2D eigenvalue weighted by Gasteiger charge is 2.19. The molecule has 0 saturated heterocycles. The van der Waals surface area contributed by atoms with Crippen LogP contribution in [-0.4, -0.2) is 35.8 Å². The second kappa shape index (κ2) is 5.98. The maximum Gasteiger partial charge on any atom is 0.308 e. The van der Waals surface area contributed by atoms with Crippen molar-refractivity contribution in [1.29, 1.82) is 0 Å². The van der Waals surface area contributed by atoms with Gasteiger partial charge in [-0.2, -0.15) is 12.7 Å². The first-order valence-corrected chi connectivity index (χ1v) is 6.88. The van der Waals surface area contributed by atoms with Gasteiger partial charge in [0.1, 0.15) is 11.7 Å². The van der Waals surface area contributed by atoms with Crippen LogP contribution in [0.3, 0.4) is 0 Å². The Morgan fingerprint density at radius 3 is 2.79 bits per heavy atom. The van der Waals surface area contributed by atoms with Gasteiger partial charge in [0.25, 0.3) is 0 Å². The largest absolute Gasteiger partial charge is 0.379 e. The monoisotopic (exact) mass is 288 g/mol. The summed E-state index contributed by atoms with van der Waals surface area (Å²) in [5.41, 5.74) is 0.270. The van der Waals surface area contributed by atoms with Crippen LogP contribution >= 0.6 is 0 Å². The van der Waals surface area contributed by atoms with Crippen LogP contribution in [0.1, 0.15) is 12.7 Å². The lowest BCUT2D eigenvalue weighted by Gasteiger charge is -2.15. The SMILES string of the molecule is C=C/C(F)=C(\C)NCc1nccn1S(=O)(=O)N(C)C. The molecule has 1 heterocycles. The molecule has 0 aliphatic heterocycles. The average molecular weight is 288 g/mol. The molecule has 19 heavy (non-hydrogen) atoms. The average Bonchev–Trinajstić information content (AvgIpc) is 2.83. The quantitative estimate of drug-likeness (QED) is 0.793. The van der Waals surface area contributed by atoms with Crippen LogP contribution in [0.2, 0.25) is 0 Å². The van der Waals surface area contributed by atoms with Crippen molar-refractivity contribution < 1.29 is 12.8 Å². The predicted molar refractivity (Wildman–Crippen MR) is 71.1 cm³/mol. The van der Waals surface area contributed by atoms with Gasteiger partial charge < -0.3 is 5.32 Å². The molecule has 0 aliphatic rings. The van der Waals surface area contributed by atoms with E-state index in [0.29, 0.717) is 0 Å². The van der Waals surface area contributed by atoms with Crippen LogP contribution in [0.5, 0.6) is 0 Å². The second-order valence-corrected chi connectivity index (χ2v) is 5.98. The molecule has 1 rings (SSSR count). The van der Waals surface area contributed by atoms with Gasteiger partial charge in [0, 0.05) is 32.2 Å². The molecule has 8 heteroatoms. The van der Waals surface area contributed by atoms with Crippen LogP contribution in [0.15, 0.2) is 36.6 Å². The zero-order valence-electron chi connectivity index (χ0n) is 11.1. The molecule has 1 aromatic heterocycles. The van der Waals surface area contributed by atoms with Gasteiger partial charge in [0.05, 0.1) is 6.54 Å². The molecule has 0 radical (unpaired) electrons. The van der Waals surface area contributed by atoms with E-state index in [0.717, 1.165) is 14.4 Å². The predicted octanol–water partition coefficient (Wildman–Crippen LogP) is 1.01. The number of allylic oxidation sites excluding steroid dienone is 3. The van der Waals surface area contributed by atoms with Gasteiger partial charge in [-0.25, -0.2) is 13.3 Å². The number of aromatic nitrogens is 2. The molecule has 0 aromatic carbocycles. The van der Waals surface area contributed by atoms with Crippen LogP contribution < -0.4 is 5.32 Å². The first-order chi connectivity index (χ1) is 8.80. The molecule has 106 valence electrons. The van der Waals surface area contributed by atoms with E-state index in [-0.39, 0.29) is 18.1 Å². The molecule has 0 bridgehead atoms. The molecule has 0 unspecified atom stereocenters. The Morgan fingerprint density at radius 1 is 1.63 bits per heavy atom. The molecule has 0 saturated carbocycles. The van der Waals surface area contributed by atoms with Gasteiger partial charge in [-0.1, -0.05) is 6.58 Å². The number of halogens is 1. The zero-order valence-corrected chi connectivity index (χ0v) is 11.9. The van der Waals surface area contributed by atoms with E-state index in [4.69, 9.17) is 0 Å². The molecular weight excluding hydrogens is 271 g/mol. The Kier molecular flexibility index (Phi) is 4.84. The van der Waals surface area contributed by atoms with Crippen molar-refractivity contribution in [2.75, 3.05) is 14.1 Å². The summed E-state index contributed by atoms with van der Waals surface area (Å²) in [6.45, 7) is 4.93. The van der Waals surface area contributed by atoms with Crippen molar-refractivity contribution in [3.8, 4) is 0 Å². The topological polar surface area (TPSA) is 67.2 Å². The summed E-state index contributed by atoms with van der Waals surface area (Å²) in [6, 6.07) is 0. The van der Waals surface area contributed by atoms with Gasteiger partial charge >= 0.3 is 10.2 Å². The molecule has 1 aromatic rings. The Hall–Kier alpha value is -1.67. The molecule has 0 spiro atoms. The molecule has 0 aliphatic carbocycles. The first kappa shape index (κ1) is 15.4. The van der Waals surface area contributed by atoms with E-state index >= 15 is 0 Å². The number of nitrogens with one attached hydrogen (secondary N) is 1. The number of nitrogens with zero attached hydrogens (tertiary/aromatic N) is 3. The highest BCUT2D eigenvalue weighted by Crippen LogP contribution is 2.08. The van der Waals surface area contributed by atoms with E-state index in [1.54, 1.807) is 0 Å². The fourth-order valence-corrected chi connectivity index (χ4v) is 2.22. The fourth-order valence-electron chi connectivity index (χ4n) is 1.28. The number of hydrogen-bond acceptors (Lipinski definition) is 4. The minimum absolute atomic E-state index is 0.0904. The Balaban J connectivity index is 2.95. The van der Waals surface area contributed by atoms with Crippen molar-refractivity contribution in [2.45, 2.75) is 13.5 Å². The zero-order chi connectivity index (χ0) is 14.6. The van der Waals surface area contributed by atoms with E-state index < -0.39 is 16.0 Å². The summed E-state index contributed by atoms with van der Waals surface area (Å²) in [5, 5.41) is 2.75. The molecule has 0 amide bonds. The van der Waals surface area contributed by atoms with Crippen LogP contribution in [0.25, 0.3) is 0 Å². The summed E-state index contributed by atoms with van der Waals surface area (Å²) < 4.78 is 39.2. The maximum absolute atomic E-state index is 13.2. The van der Waals surface area contributed by atoms with E-state index in [1.807, 2.05) is 0 Å². The molecule has 6 nitrogen and oxygen atoms in total. The van der Waals surface area contributed by atoms with E-state index in [2.05, 4.69) is 16.9 Å². The Morgan fingerprint density at radius 2 is 2.26 bits per heavy atom. The van der Waals surface area contributed by atoms with Crippen molar-refractivity contribution in [3.63, 3.8) is 0 Å². The van der Waals surface area contributed by atoms with Gasteiger partial charge in [-0.3, -0.25) is 0 Å². The van der Waals surface area contributed by atoms with Crippen LogP contribution in [0.4, 0.5) is 4.39 Å². The highest BCUT2D eigenvalue weighted by atomic mass is 32.2. The third kappa shape index (κ3) is 3.42. The lowest BCUT2D eigenvalue weighted by atomic mass is 10.4. The number of hydrogen-bond donors (Lipinski definition) is 1. The fraction of sp³-hybridized carbons (Fsp3) is 0.364. The third-order valence-corrected chi connectivity index (χ3v) is 4.19. The smallest absolute Gasteiger partial charge is 0.308 e. The Labute approximate surface area is 112 Å². The molecule has 1 N–H and O–H groups in total. The van der Waals surface area contributed by atoms with E-state index in [1.165, 1.54) is 33.4 Å². The number of rotatable bonds is 6. The van der Waals surface area contributed by atoms with Gasteiger partial charge in [-0.15, -0.1) is 0 Å². The maximum atomic E-state index is 13.2. The van der Waals surface area contributed by atoms with Crippen LogP contribution in [-0.2, 0) is 16.8 Å². The van der Waals surface area contributed by atoms with Crippen LogP contribution in [0, 0.1) is 0 Å². The molecule has 0 atom stereocenters. The first-order valence-electron chi connectivity index (χ1n) is 5.48. The number of imidazole rings is 1. The van der Waals surface area contributed by atoms with Crippen molar-refractivity contribution >= 4 is 10.2 Å². The lowest BCUT2D eigenvalue weighted by molar-refractivity contribution is 0.507. The summed E-state index contributed by atoms with van der Waals surface area (Å²) in [4.78, 5) is 3.95. The van der Waals surface area contributed by atoms with Gasteiger partial charge in [-0.05, 0) is 13.0 Å². The third-order valence-electron chi connectivity index (χ3n) is 2.44. The van der Waals surface area contributed by atoms with Crippen molar-refractivity contribution in [3.05, 3.63) is 42.4 Å². The summed E-state index contributed by atoms with van der Waals surface area (Å²) in [6.07, 6.45) is 3.79. The lowest BCUT2D eigenvalue weighted by Crippen LogP contribution is -2.30. The normalized spacial score (nSPS) is 13.3. The highest BCUT2D eigenvalue weighted by molar-refractivity contribution is 7.87. The molecular formula is C11H17FN4O2S. The van der Waals surface area contributed by atoms with Gasteiger partial charge in [0.2, 0.25) is 0 Å². The second-order valence-electron chi connectivity index (χ2n) is 3.96. The van der Waals surface area contributed by atoms with Crippen molar-refractivity contribution in [1.82, 2.24) is 18.6 Å². The minimum atomic E-state index is -3.62. The minimum Gasteiger partial charge on any atom is -0.379 e. The summed E-state index contributed by atoms with van der Waals surface area (Å²) >= 11 is 0. The van der Waals surface area contributed by atoms with Gasteiger partial charge in [0.15, 0.2) is 0 Å². The Bertz CT molecular complexity index is 590. The summed E-state index contributed by atoms with van der Waals surface area (Å²) in [5.74, 6) is -0.224. The van der Waals surface area contributed by atoms with E-state index in [9.17, 15) is 12.8 Å². The summed E-state index contributed by atoms with van der Waals surface area (Å²) in [7, 11) is -0.769. The molecule has 0 fully saturated rings. The standard InChI is InChI=1S/C11H17FN4O2S/c1-5-10(12)9(2)14-8-11-13-6-7-16(11)19(17,18)15(3)4/h5-7,14H,1,8H2,2-4H3/b10-9-. The van der Waals surface area contributed by atoms with Crippen molar-refractivity contribution in [2.24, 2.45) is 0 Å².